The van der Waals surface area contributed by atoms with Gasteiger partial charge in [-0.15, -0.1) is 10.2 Å². The van der Waals surface area contributed by atoms with Crippen molar-refractivity contribution in [3.63, 3.8) is 0 Å². The highest BCUT2D eigenvalue weighted by molar-refractivity contribution is 7.19. The number of aromatic nitrogens is 5. The van der Waals surface area contributed by atoms with Crippen LogP contribution in [0.25, 0.3) is 15.5 Å². The van der Waals surface area contributed by atoms with Crippen molar-refractivity contribution in [1.29, 1.82) is 0 Å². The van der Waals surface area contributed by atoms with Gasteiger partial charge >= 0.3 is 0 Å². The van der Waals surface area contributed by atoms with E-state index in [-0.39, 0.29) is 0 Å². The summed E-state index contributed by atoms with van der Waals surface area (Å²) in [6, 6.07) is 12.0. The van der Waals surface area contributed by atoms with Crippen molar-refractivity contribution in [2.75, 3.05) is 0 Å². The molecule has 0 saturated heterocycles. The van der Waals surface area contributed by atoms with Crippen molar-refractivity contribution >= 4 is 27.9 Å². The predicted octanol–water partition coefficient (Wildman–Crippen LogP) is 3.80. The number of hydrogen-bond acceptors (Lipinski definition) is 5. The highest BCUT2D eigenvalue weighted by Crippen LogP contribution is 2.26. The molecule has 0 N–H and O–H groups in total. The third kappa shape index (κ3) is 2.83. The fourth-order valence-electron chi connectivity index (χ4n) is 2.27. The van der Waals surface area contributed by atoms with E-state index in [0.29, 0.717) is 11.6 Å². The van der Waals surface area contributed by atoms with E-state index in [9.17, 15) is 0 Å². The van der Waals surface area contributed by atoms with Crippen molar-refractivity contribution in [3.05, 3.63) is 64.7 Å². The van der Waals surface area contributed by atoms with E-state index in [0.717, 1.165) is 26.9 Å². The Balaban J connectivity index is 1.69. The summed E-state index contributed by atoms with van der Waals surface area (Å²) in [5, 5.41) is 14.5. The molecule has 0 aliphatic carbocycles. The number of halogens is 1. The van der Waals surface area contributed by atoms with Crippen molar-refractivity contribution in [2.45, 2.75) is 13.3 Å². The van der Waals surface area contributed by atoms with Crippen LogP contribution in [-0.4, -0.2) is 24.8 Å². The van der Waals surface area contributed by atoms with E-state index >= 15 is 0 Å². The highest BCUT2D eigenvalue weighted by Gasteiger charge is 2.13. The van der Waals surface area contributed by atoms with Crippen molar-refractivity contribution in [1.82, 2.24) is 24.8 Å². The Morgan fingerprint density at radius 2 is 1.91 bits per heavy atom. The van der Waals surface area contributed by atoms with Gasteiger partial charge in [-0.3, -0.25) is 0 Å². The normalized spacial score (nSPS) is 11.2. The van der Waals surface area contributed by atoms with Gasteiger partial charge in [0.25, 0.3) is 0 Å². The molecule has 0 amide bonds. The smallest absolute Gasteiger partial charge is 0.234 e. The first-order valence-electron chi connectivity index (χ1n) is 7.07. The average Bonchev–Trinajstić information content (AvgIpc) is 3.12. The van der Waals surface area contributed by atoms with E-state index < -0.39 is 0 Å². The van der Waals surface area contributed by atoms with Crippen LogP contribution in [0, 0.1) is 6.92 Å². The van der Waals surface area contributed by atoms with Crippen molar-refractivity contribution < 1.29 is 0 Å². The van der Waals surface area contributed by atoms with Gasteiger partial charge in [-0.25, -0.2) is 4.98 Å². The lowest BCUT2D eigenvalue weighted by molar-refractivity contribution is 0.852. The van der Waals surface area contributed by atoms with Crippen molar-refractivity contribution in [2.24, 2.45) is 0 Å². The van der Waals surface area contributed by atoms with E-state index in [2.05, 4.69) is 51.5 Å². The van der Waals surface area contributed by atoms with Gasteiger partial charge in [0, 0.05) is 18.2 Å². The Hall–Kier alpha value is -2.31. The summed E-state index contributed by atoms with van der Waals surface area (Å²) in [6.45, 7) is 2.07. The molecule has 7 heteroatoms. The first kappa shape index (κ1) is 14.3. The molecule has 4 aromatic rings. The van der Waals surface area contributed by atoms with Gasteiger partial charge in [-0.05, 0) is 18.6 Å². The van der Waals surface area contributed by atoms with Crippen LogP contribution in [-0.2, 0) is 6.42 Å². The Bertz CT molecular complexity index is 956. The molecule has 0 aliphatic rings. The summed E-state index contributed by atoms with van der Waals surface area (Å²) < 4.78 is 1.80. The zero-order valence-electron chi connectivity index (χ0n) is 12.3. The van der Waals surface area contributed by atoms with Gasteiger partial charge in [0.1, 0.15) is 10.2 Å². The van der Waals surface area contributed by atoms with E-state index in [1.807, 2.05) is 6.07 Å². The van der Waals surface area contributed by atoms with Crippen LogP contribution in [0.2, 0.25) is 5.15 Å². The first-order chi connectivity index (χ1) is 11.2. The monoisotopic (exact) mass is 341 g/mol. The number of nitrogens with zero attached hydrogens (tertiary/aromatic N) is 5. The summed E-state index contributed by atoms with van der Waals surface area (Å²) >= 11 is 7.35. The summed E-state index contributed by atoms with van der Waals surface area (Å²) in [6.07, 6.45) is 2.36. The molecule has 4 rings (SSSR count). The van der Waals surface area contributed by atoms with Crippen LogP contribution >= 0.6 is 22.9 Å². The minimum atomic E-state index is 0.482. The van der Waals surface area contributed by atoms with E-state index in [1.165, 1.54) is 16.9 Å². The van der Waals surface area contributed by atoms with Gasteiger partial charge in [-0.1, -0.05) is 58.8 Å². The molecule has 0 saturated carbocycles. The number of rotatable bonds is 3. The molecule has 0 atom stereocenters. The lowest BCUT2D eigenvalue weighted by Gasteiger charge is -1.98. The number of fused-ring (bicyclic) bond motifs is 1. The van der Waals surface area contributed by atoms with Crippen molar-refractivity contribution in [3.8, 4) is 10.6 Å². The molecule has 1 aromatic carbocycles. The number of benzene rings is 1. The third-order valence-corrected chi connectivity index (χ3v) is 4.68. The second-order valence-corrected chi connectivity index (χ2v) is 6.59. The summed E-state index contributed by atoms with van der Waals surface area (Å²) in [5.41, 5.74) is 3.34. The molecular weight excluding hydrogens is 330 g/mol. The molecule has 0 fully saturated rings. The molecule has 3 aromatic heterocycles. The standard InChI is InChI=1S/C16H12ClN5S/c1-10-2-5-12(6-3-10)15-21-22-14(19-20-16(22)23-15)8-11-4-7-13(17)18-9-11/h2-7,9H,8H2,1H3. The Kier molecular flexibility index (Phi) is 3.55. The fourth-order valence-corrected chi connectivity index (χ4v) is 3.25. The quantitative estimate of drug-likeness (QED) is 0.532. The van der Waals surface area contributed by atoms with Gasteiger partial charge in [0.05, 0.1) is 0 Å². The highest BCUT2D eigenvalue weighted by atomic mass is 35.5. The van der Waals surface area contributed by atoms with E-state index in [1.54, 1.807) is 16.8 Å². The Morgan fingerprint density at radius 1 is 1.09 bits per heavy atom. The lowest BCUT2D eigenvalue weighted by atomic mass is 10.2. The number of aryl methyl sites for hydroxylation is 1. The largest absolute Gasteiger partial charge is 0.244 e. The van der Waals surface area contributed by atoms with Gasteiger partial charge in [0.15, 0.2) is 5.82 Å². The Morgan fingerprint density at radius 3 is 2.65 bits per heavy atom. The second-order valence-electron chi connectivity index (χ2n) is 5.25. The molecule has 0 aliphatic heterocycles. The zero-order valence-corrected chi connectivity index (χ0v) is 13.8. The molecule has 0 bridgehead atoms. The van der Waals surface area contributed by atoms with Gasteiger partial charge < -0.3 is 0 Å². The molecule has 5 nitrogen and oxygen atoms in total. The predicted molar refractivity (Wildman–Crippen MR) is 90.9 cm³/mol. The maximum atomic E-state index is 5.82. The zero-order chi connectivity index (χ0) is 15.8. The molecule has 0 spiro atoms. The van der Waals surface area contributed by atoms with Gasteiger partial charge in [-0.2, -0.15) is 9.61 Å². The summed E-state index contributed by atoms with van der Waals surface area (Å²) in [4.78, 5) is 4.88. The summed E-state index contributed by atoms with van der Waals surface area (Å²) in [7, 11) is 0. The third-order valence-electron chi connectivity index (χ3n) is 3.50. The molecule has 114 valence electrons. The first-order valence-corrected chi connectivity index (χ1v) is 8.27. The topological polar surface area (TPSA) is 56.0 Å². The molecule has 0 unspecified atom stereocenters. The molecule has 3 heterocycles. The maximum absolute atomic E-state index is 5.82. The fraction of sp³-hybridized carbons (Fsp3) is 0.125. The van der Waals surface area contributed by atoms with Crippen LogP contribution in [0.1, 0.15) is 17.0 Å². The molecule has 23 heavy (non-hydrogen) atoms. The second kappa shape index (κ2) is 5.72. The SMILES string of the molecule is Cc1ccc(-c2nn3c(Cc4ccc(Cl)nc4)nnc3s2)cc1. The van der Waals surface area contributed by atoms with E-state index in [4.69, 9.17) is 11.6 Å². The maximum Gasteiger partial charge on any atom is 0.234 e. The minimum absolute atomic E-state index is 0.482. The number of pyridine rings is 1. The molecule has 0 radical (unpaired) electrons. The Labute approximate surface area is 141 Å². The minimum Gasteiger partial charge on any atom is -0.244 e. The number of hydrogen-bond donors (Lipinski definition) is 0. The van der Waals surface area contributed by atoms with Crippen LogP contribution < -0.4 is 0 Å². The van der Waals surface area contributed by atoms with Crippen LogP contribution in [0.3, 0.4) is 0 Å². The molecular formula is C16H12ClN5S. The van der Waals surface area contributed by atoms with Crippen LogP contribution in [0.5, 0.6) is 0 Å². The van der Waals surface area contributed by atoms with Crippen LogP contribution in [0.15, 0.2) is 42.6 Å². The van der Waals surface area contributed by atoms with Crippen LogP contribution in [0.4, 0.5) is 0 Å². The summed E-state index contributed by atoms with van der Waals surface area (Å²) in [5.74, 6) is 0.790. The lowest BCUT2D eigenvalue weighted by Crippen LogP contribution is -1.98. The average molecular weight is 342 g/mol. The van der Waals surface area contributed by atoms with Gasteiger partial charge in [0.2, 0.25) is 4.96 Å².